The van der Waals surface area contributed by atoms with Crippen LogP contribution in [0.3, 0.4) is 0 Å². The molecule has 3 heterocycles. The third kappa shape index (κ3) is 2.92. The Morgan fingerprint density at radius 1 is 1.12 bits per heavy atom. The second-order valence-corrected chi connectivity index (χ2v) is 6.47. The van der Waals surface area contributed by atoms with Crippen molar-refractivity contribution in [3.05, 3.63) is 41.3 Å². The minimum Gasteiger partial charge on any atom is -0.465 e. The molecule has 1 saturated heterocycles. The lowest BCUT2D eigenvalue weighted by molar-refractivity contribution is 0.142. The van der Waals surface area contributed by atoms with Crippen LogP contribution in [-0.4, -0.2) is 62.0 Å². The molecule has 0 bridgehead atoms. The van der Waals surface area contributed by atoms with E-state index in [2.05, 4.69) is 20.0 Å². The number of aryl methyl sites for hydroxylation is 1. The van der Waals surface area contributed by atoms with Crippen LogP contribution in [0.25, 0.3) is 16.7 Å². The zero-order chi connectivity index (χ0) is 18.3. The summed E-state index contributed by atoms with van der Waals surface area (Å²) in [6, 6.07) is 9.56. The summed E-state index contributed by atoms with van der Waals surface area (Å²) in [6.45, 7) is 3.90. The van der Waals surface area contributed by atoms with Crippen molar-refractivity contribution in [2.45, 2.75) is 6.92 Å². The highest BCUT2D eigenvalue weighted by atomic mass is 35.5. The van der Waals surface area contributed by atoms with Gasteiger partial charge in [0.15, 0.2) is 11.0 Å². The van der Waals surface area contributed by atoms with Crippen molar-refractivity contribution >= 4 is 34.4 Å². The Morgan fingerprint density at radius 3 is 2.54 bits per heavy atom. The molecule has 0 unspecified atom stereocenters. The summed E-state index contributed by atoms with van der Waals surface area (Å²) in [5.41, 5.74) is 0.872. The molecule has 0 spiro atoms. The highest BCUT2D eigenvalue weighted by Crippen LogP contribution is 2.26. The number of rotatable bonds is 2. The molecule has 1 N–H and O–H groups in total. The molecule has 1 fully saturated rings. The zero-order valence-electron chi connectivity index (χ0n) is 14.1. The lowest BCUT2D eigenvalue weighted by Crippen LogP contribution is -2.48. The first-order valence-electron chi connectivity index (χ1n) is 8.25. The van der Waals surface area contributed by atoms with Crippen molar-refractivity contribution < 1.29 is 9.90 Å². The van der Waals surface area contributed by atoms with E-state index in [0.717, 1.165) is 16.7 Å². The molecule has 9 heteroatoms. The largest absolute Gasteiger partial charge is 0.465 e. The van der Waals surface area contributed by atoms with Crippen LogP contribution in [0.15, 0.2) is 30.3 Å². The number of anilines is 1. The first kappa shape index (κ1) is 16.6. The van der Waals surface area contributed by atoms with Crippen molar-refractivity contribution in [2.24, 2.45) is 0 Å². The number of hydrogen-bond acceptors (Lipinski definition) is 5. The minimum atomic E-state index is -0.887. The monoisotopic (exact) mass is 372 g/mol. The molecule has 26 heavy (non-hydrogen) atoms. The maximum Gasteiger partial charge on any atom is 0.407 e. The van der Waals surface area contributed by atoms with Gasteiger partial charge in [-0.1, -0.05) is 23.7 Å². The molecule has 0 radical (unpaired) electrons. The molecule has 1 aliphatic heterocycles. The van der Waals surface area contributed by atoms with Crippen LogP contribution in [0.1, 0.15) is 5.82 Å². The average Bonchev–Trinajstić information content (AvgIpc) is 2.98. The van der Waals surface area contributed by atoms with Crippen LogP contribution in [0.5, 0.6) is 0 Å². The van der Waals surface area contributed by atoms with Crippen LogP contribution < -0.4 is 4.90 Å². The van der Waals surface area contributed by atoms with Gasteiger partial charge in [-0.3, -0.25) is 0 Å². The molecule has 4 rings (SSSR count). The van der Waals surface area contributed by atoms with Gasteiger partial charge in [0.2, 0.25) is 0 Å². The van der Waals surface area contributed by atoms with Gasteiger partial charge in [0, 0.05) is 37.6 Å². The second-order valence-electron chi connectivity index (χ2n) is 6.11. The van der Waals surface area contributed by atoms with Crippen molar-refractivity contribution in [3.63, 3.8) is 0 Å². The average molecular weight is 373 g/mol. The third-order valence-electron chi connectivity index (χ3n) is 4.44. The van der Waals surface area contributed by atoms with Gasteiger partial charge in [0.25, 0.3) is 0 Å². The summed E-state index contributed by atoms with van der Waals surface area (Å²) in [4.78, 5) is 23.6. The quantitative estimate of drug-likeness (QED) is 0.744. The van der Waals surface area contributed by atoms with Crippen LogP contribution in [0.2, 0.25) is 5.15 Å². The summed E-state index contributed by atoms with van der Waals surface area (Å²) >= 11 is 6.25. The third-order valence-corrected chi connectivity index (χ3v) is 4.72. The number of piperazine rings is 1. The Morgan fingerprint density at radius 2 is 1.81 bits per heavy atom. The predicted octanol–water partition coefficient (Wildman–Crippen LogP) is 2.58. The molecular weight excluding hydrogens is 356 g/mol. The fourth-order valence-corrected chi connectivity index (χ4v) is 3.37. The minimum absolute atomic E-state index is 0.425. The highest BCUT2D eigenvalue weighted by Gasteiger charge is 2.22. The molecular formula is C17H17ClN6O2. The van der Waals surface area contributed by atoms with Gasteiger partial charge >= 0.3 is 6.09 Å². The number of nitrogens with zero attached hydrogens (tertiary/aromatic N) is 6. The Hall–Kier alpha value is -2.87. The van der Waals surface area contributed by atoms with E-state index < -0.39 is 6.09 Å². The highest BCUT2D eigenvalue weighted by molar-refractivity contribution is 6.34. The summed E-state index contributed by atoms with van der Waals surface area (Å²) < 4.78 is 1.71. The van der Waals surface area contributed by atoms with Crippen LogP contribution in [0.4, 0.5) is 10.6 Å². The van der Waals surface area contributed by atoms with E-state index in [-0.39, 0.29) is 0 Å². The van der Waals surface area contributed by atoms with Gasteiger partial charge in [-0.25, -0.2) is 19.4 Å². The molecule has 134 valence electrons. The lowest BCUT2D eigenvalue weighted by atomic mass is 10.2. The number of hydrogen-bond donors (Lipinski definition) is 1. The number of amides is 1. The van der Waals surface area contributed by atoms with Gasteiger partial charge in [-0.2, -0.15) is 5.10 Å². The summed E-state index contributed by atoms with van der Waals surface area (Å²) in [6.07, 6.45) is -0.887. The van der Waals surface area contributed by atoms with Gasteiger partial charge in [-0.15, -0.1) is 0 Å². The molecule has 8 nitrogen and oxygen atoms in total. The van der Waals surface area contributed by atoms with Crippen LogP contribution >= 0.6 is 11.6 Å². The number of benzene rings is 1. The molecule has 1 aromatic carbocycles. The predicted molar refractivity (Wildman–Crippen MR) is 98.2 cm³/mol. The Kier molecular flexibility index (Phi) is 4.12. The first-order valence-corrected chi connectivity index (χ1v) is 8.63. The van der Waals surface area contributed by atoms with Gasteiger partial charge < -0.3 is 14.9 Å². The van der Waals surface area contributed by atoms with Crippen molar-refractivity contribution in [1.29, 1.82) is 0 Å². The first-order chi connectivity index (χ1) is 12.5. The lowest BCUT2D eigenvalue weighted by Gasteiger charge is -2.34. The van der Waals surface area contributed by atoms with Gasteiger partial charge in [0.1, 0.15) is 11.6 Å². The van der Waals surface area contributed by atoms with E-state index in [1.54, 1.807) is 4.68 Å². The topological polar surface area (TPSA) is 87.4 Å². The van der Waals surface area contributed by atoms with E-state index in [1.165, 1.54) is 4.90 Å². The Labute approximate surface area is 154 Å². The van der Waals surface area contributed by atoms with Crippen molar-refractivity contribution in [1.82, 2.24) is 24.6 Å². The maximum atomic E-state index is 11.1. The maximum absolute atomic E-state index is 11.1. The van der Waals surface area contributed by atoms with Crippen molar-refractivity contribution in [3.8, 4) is 5.82 Å². The van der Waals surface area contributed by atoms with Gasteiger partial charge in [0.05, 0.1) is 5.52 Å². The second kappa shape index (κ2) is 6.45. The molecule has 2 aromatic heterocycles. The summed E-state index contributed by atoms with van der Waals surface area (Å²) in [7, 11) is 0. The smallest absolute Gasteiger partial charge is 0.407 e. The summed E-state index contributed by atoms with van der Waals surface area (Å²) in [5.74, 6) is 2.01. The number of aromatic nitrogens is 4. The van der Waals surface area contributed by atoms with E-state index in [9.17, 15) is 4.79 Å². The number of halogens is 1. The van der Waals surface area contributed by atoms with E-state index >= 15 is 0 Å². The van der Waals surface area contributed by atoms with E-state index in [1.807, 2.05) is 37.3 Å². The Bertz CT molecular complexity index is 981. The van der Waals surface area contributed by atoms with E-state index in [4.69, 9.17) is 16.7 Å². The van der Waals surface area contributed by atoms with Crippen LogP contribution in [0, 0.1) is 6.92 Å². The van der Waals surface area contributed by atoms with E-state index in [0.29, 0.717) is 43.0 Å². The molecule has 0 saturated carbocycles. The van der Waals surface area contributed by atoms with Crippen LogP contribution in [-0.2, 0) is 0 Å². The number of fused-ring (bicyclic) bond motifs is 1. The van der Waals surface area contributed by atoms with Crippen molar-refractivity contribution in [2.75, 3.05) is 31.1 Å². The molecule has 1 aliphatic rings. The normalized spacial score (nSPS) is 14.8. The Balaban J connectivity index is 1.70. The summed E-state index contributed by atoms with van der Waals surface area (Å²) in [5, 5.41) is 14.8. The fraction of sp³-hybridized carbons (Fsp3) is 0.294. The molecule has 0 atom stereocenters. The fourth-order valence-electron chi connectivity index (χ4n) is 3.14. The molecule has 3 aromatic rings. The van der Waals surface area contributed by atoms with Gasteiger partial charge in [-0.05, 0) is 19.1 Å². The number of para-hydroxylation sites is 1. The molecule has 1 amide bonds. The number of carbonyl (C=O) groups is 1. The SMILES string of the molecule is Cc1nc(N2CCN(C(=O)O)CC2)cc(-n2nc(Cl)c3ccccc32)n1. The standard InChI is InChI=1S/C17H17ClN6O2/c1-11-19-14(22-6-8-23(9-7-22)17(25)26)10-15(20-11)24-13-5-3-2-4-12(13)16(18)21-24/h2-5,10H,6-9H2,1H3,(H,25,26). The zero-order valence-corrected chi connectivity index (χ0v) is 14.9. The number of carboxylic acid groups (broad SMARTS) is 1. The molecule has 0 aliphatic carbocycles.